The second-order valence-corrected chi connectivity index (χ2v) is 3.46. The molecule has 0 fully saturated rings. The summed E-state index contributed by atoms with van der Waals surface area (Å²) in [4.78, 5) is 0. The van der Waals surface area contributed by atoms with Crippen LogP contribution in [-0.2, 0) is 13.2 Å². The molecule has 0 bridgehead atoms. The molecule has 17 heavy (non-hydrogen) atoms. The van der Waals surface area contributed by atoms with Crippen molar-refractivity contribution in [3.8, 4) is 11.3 Å². The number of aryl methyl sites for hydroxylation is 1. The third kappa shape index (κ3) is 2.30. The van der Waals surface area contributed by atoms with Crippen LogP contribution in [0.1, 0.15) is 5.69 Å². The molecule has 6 heteroatoms. The number of benzene rings is 1. The highest BCUT2D eigenvalue weighted by atomic mass is 19.4. The Morgan fingerprint density at radius 2 is 2.00 bits per heavy atom. The molecular weight excluding hydrogens is 236 g/mol. The molecule has 89 valence electrons. The molecule has 2 nitrogen and oxygen atoms in total. The minimum Gasteiger partial charge on any atom is -0.267 e. The van der Waals surface area contributed by atoms with E-state index in [4.69, 9.17) is 0 Å². The van der Waals surface area contributed by atoms with E-state index in [9.17, 15) is 17.6 Å². The summed E-state index contributed by atoms with van der Waals surface area (Å²) in [6.07, 6.45) is -4.50. The predicted molar refractivity (Wildman–Crippen MR) is 52.4 cm³/mol. The highest BCUT2D eigenvalue weighted by molar-refractivity contribution is 5.60. The third-order valence-electron chi connectivity index (χ3n) is 2.23. The van der Waals surface area contributed by atoms with E-state index in [1.807, 2.05) is 0 Å². The summed E-state index contributed by atoms with van der Waals surface area (Å²) >= 11 is 0. The molecule has 0 N–H and O–H groups in total. The lowest BCUT2D eigenvalue weighted by Crippen LogP contribution is -2.06. The van der Waals surface area contributed by atoms with Gasteiger partial charge in [-0.1, -0.05) is 12.1 Å². The smallest absolute Gasteiger partial charge is 0.267 e. The van der Waals surface area contributed by atoms with Crippen LogP contribution in [0.15, 0.2) is 24.3 Å². The van der Waals surface area contributed by atoms with Gasteiger partial charge in [-0.05, 0) is 12.1 Å². The molecule has 1 radical (unpaired) electrons. The number of hydrogen-bond donors (Lipinski definition) is 0. The first-order valence-corrected chi connectivity index (χ1v) is 4.67. The van der Waals surface area contributed by atoms with Crippen LogP contribution in [-0.4, -0.2) is 9.78 Å². The van der Waals surface area contributed by atoms with Gasteiger partial charge in [0.1, 0.15) is 5.82 Å². The summed E-state index contributed by atoms with van der Waals surface area (Å²) in [6, 6.07) is 7.05. The average molecular weight is 243 g/mol. The topological polar surface area (TPSA) is 17.8 Å². The Kier molecular flexibility index (Phi) is 2.65. The second-order valence-electron chi connectivity index (χ2n) is 3.46. The van der Waals surface area contributed by atoms with E-state index in [1.54, 1.807) is 0 Å². The molecule has 0 amide bonds. The summed E-state index contributed by atoms with van der Waals surface area (Å²) in [5, 5.41) is 3.35. The molecule has 0 aliphatic rings. The highest BCUT2D eigenvalue weighted by Crippen LogP contribution is 2.31. The Balaban J connectivity index is 2.50. The molecule has 0 saturated carbocycles. The number of rotatable bonds is 1. The first-order chi connectivity index (χ1) is 7.88. The highest BCUT2D eigenvalue weighted by Gasteiger charge is 2.34. The molecule has 0 unspecified atom stereocenters. The van der Waals surface area contributed by atoms with Crippen LogP contribution < -0.4 is 0 Å². The number of aromatic nitrogens is 2. The lowest BCUT2D eigenvalue weighted by Gasteiger charge is -2.00. The lowest BCUT2D eigenvalue weighted by atomic mass is 10.1. The molecule has 2 aromatic rings. The van der Waals surface area contributed by atoms with Crippen LogP contribution in [0.3, 0.4) is 0 Å². The summed E-state index contributed by atoms with van der Waals surface area (Å²) in [6.45, 7) is 0. The van der Waals surface area contributed by atoms with E-state index in [0.29, 0.717) is 5.56 Å². The van der Waals surface area contributed by atoms with Crippen LogP contribution in [0, 0.1) is 11.9 Å². The van der Waals surface area contributed by atoms with Crippen molar-refractivity contribution < 1.29 is 17.6 Å². The van der Waals surface area contributed by atoms with Gasteiger partial charge < -0.3 is 0 Å². The third-order valence-corrected chi connectivity index (χ3v) is 2.23. The molecule has 1 aromatic carbocycles. The van der Waals surface area contributed by atoms with Crippen LogP contribution in [0.4, 0.5) is 17.6 Å². The Morgan fingerprint density at radius 3 is 2.53 bits per heavy atom. The van der Waals surface area contributed by atoms with E-state index in [-0.39, 0.29) is 5.69 Å². The maximum absolute atomic E-state index is 12.9. The molecule has 1 heterocycles. The fourth-order valence-electron chi connectivity index (χ4n) is 1.47. The monoisotopic (exact) mass is 243 g/mol. The first kappa shape index (κ1) is 11.6. The molecule has 0 aliphatic heterocycles. The Bertz CT molecular complexity index is 543. The van der Waals surface area contributed by atoms with Crippen molar-refractivity contribution in [2.75, 3.05) is 0 Å². The van der Waals surface area contributed by atoms with Gasteiger partial charge in [0.2, 0.25) is 0 Å². The lowest BCUT2D eigenvalue weighted by molar-refractivity contribution is -0.141. The standard InChI is InChI=1S/C11H7F4N2/c1-17-9(6-10(16-17)11(13,14)15)7-3-2-4-8(12)5-7/h2-3,5-6H,1H3. The summed E-state index contributed by atoms with van der Waals surface area (Å²) in [7, 11) is 1.37. The van der Waals surface area contributed by atoms with E-state index < -0.39 is 17.7 Å². The van der Waals surface area contributed by atoms with E-state index >= 15 is 0 Å². The minimum absolute atomic E-state index is 0.199. The molecule has 0 spiro atoms. The Labute approximate surface area is 94.5 Å². The van der Waals surface area contributed by atoms with Crippen molar-refractivity contribution in [3.63, 3.8) is 0 Å². The summed E-state index contributed by atoms with van der Waals surface area (Å²) in [5.74, 6) is -0.628. The number of hydrogen-bond acceptors (Lipinski definition) is 1. The molecule has 1 aromatic heterocycles. The van der Waals surface area contributed by atoms with Gasteiger partial charge in [-0.3, -0.25) is 4.68 Å². The average Bonchev–Trinajstić information content (AvgIpc) is 2.60. The predicted octanol–water partition coefficient (Wildman–Crippen LogP) is 3.05. The Morgan fingerprint density at radius 1 is 1.29 bits per heavy atom. The van der Waals surface area contributed by atoms with Crippen molar-refractivity contribution >= 4 is 0 Å². The van der Waals surface area contributed by atoms with Crippen molar-refractivity contribution in [1.29, 1.82) is 0 Å². The quantitative estimate of drug-likeness (QED) is 0.704. The van der Waals surface area contributed by atoms with Crippen molar-refractivity contribution in [1.82, 2.24) is 9.78 Å². The fourth-order valence-corrected chi connectivity index (χ4v) is 1.47. The van der Waals surface area contributed by atoms with Crippen molar-refractivity contribution in [3.05, 3.63) is 41.8 Å². The maximum Gasteiger partial charge on any atom is 0.435 e. The largest absolute Gasteiger partial charge is 0.435 e. The minimum atomic E-state index is -4.50. The summed E-state index contributed by atoms with van der Waals surface area (Å²) < 4.78 is 51.2. The van der Waals surface area contributed by atoms with Crippen molar-refractivity contribution in [2.45, 2.75) is 6.18 Å². The van der Waals surface area contributed by atoms with Crippen molar-refractivity contribution in [2.24, 2.45) is 7.05 Å². The van der Waals surface area contributed by atoms with E-state index in [0.717, 1.165) is 16.8 Å². The number of halogens is 4. The fraction of sp³-hybridized carbons (Fsp3) is 0.182. The van der Waals surface area contributed by atoms with Gasteiger partial charge in [-0.2, -0.15) is 18.3 Å². The van der Waals surface area contributed by atoms with Gasteiger partial charge in [0.25, 0.3) is 0 Å². The van der Waals surface area contributed by atoms with Gasteiger partial charge in [-0.25, -0.2) is 4.39 Å². The zero-order chi connectivity index (χ0) is 12.6. The number of nitrogens with zero attached hydrogens (tertiary/aromatic N) is 2. The van der Waals surface area contributed by atoms with Gasteiger partial charge in [0.15, 0.2) is 5.69 Å². The van der Waals surface area contributed by atoms with E-state index in [1.165, 1.54) is 19.2 Å². The molecule has 2 rings (SSSR count). The SMILES string of the molecule is Cn1nc(C(F)(F)F)cc1-c1cc[c]c(F)c1. The molecule has 0 saturated heterocycles. The maximum atomic E-state index is 12.9. The number of alkyl halides is 3. The van der Waals surface area contributed by atoms with Gasteiger partial charge in [-0.15, -0.1) is 0 Å². The van der Waals surface area contributed by atoms with Gasteiger partial charge >= 0.3 is 6.18 Å². The van der Waals surface area contributed by atoms with Gasteiger partial charge in [0.05, 0.1) is 5.69 Å². The normalized spacial score (nSPS) is 11.8. The Hall–Kier alpha value is -1.85. The second kappa shape index (κ2) is 3.87. The van der Waals surface area contributed by atoms with E-state index in [2.05, 4.69) is 11.2 Å². The van der Waals surface area contributed by atoms with Crippen LogP contribution >= 0.6 is 0 Å². The van der Waals surface area contributed by atoms with Crippen LogP contribution in [0.25, 0.3) is 11.3 Å². The van der Waals surface area contributed by atoms with Crippen LogP contribution in [0.2, 0.25) is 0 Å². The zero-order valence-electron chi connectivity index (χ0n) is 8.72. The molecule has 0 atom stereocenters. The molecule has 0 aliphatic carbocycles. The summed E-state index contributed by atoms with van der Waals surface area (Å²) in [5.41, 5.74) is -0.472. The molecular formula is C11H7F4N2. The van der Waals surface area contributed by atoms with Gasteiger partial charge in [0, 0.05) is 18.7 Å². The zero-order valence-corrected chi connectivity index (χ0v) is 8.72. The first-order valence-electron chi connectivity index (χ1n) is 4.67. The van der Waals surface area contributed by atoms with Crippen LogP contribution in [0.5, 0.6) is 0 Å².